The first-order valence-electron chi connectivity index (χ1n) is 7.36. The molecule has 159 valence electrons. The molecule has 0 saturated heterocycles. The molecule has 1 saturated carbocycles. The van der Waals surface area contributed by atoms with Gasteiger partial charge in [0.1, 0.15) is 5.69 Å². The first kappa shape index (κ1) is 29.9. The van der Waals surface area contributed by atoms with Crippen LogP contribution in [-0.2, 0) is 19.5 Å². The molecule has 3 rings (SSSR count). The summed E-state index contributed by atoms with van der Waals surface area (Å²) in [5.74, 6) is -0.995. The molecule has 0 unspecified atom stereocenters. The van der Waals surface area contributed by atoms with Gasteiger partial charge in [-0.2, -0.15) is 0 Å². The van der Waals surface area contributed by atoms with E-state index in [1.54, 1.807) is 12.1 Å². The second kappa shape index (κ2) is 11.8. The van der Waals surface area contributed by atoms with Gasteiger partial charge in [-0.15, -0.1) is 0 Å². The topological polar surface area (TPSA) is 50.2 Å². The van der Waals surface area contributed by atoms with Crippen LogP contribution in [0.5, 0.6) is 0 Å². The quantitative estimate of drug-likeness (QED) is 0.244. The summed E-state index contributed by atoms with van der Waals surface area (Å²) in [5.41, 5.74) is 0.793. The number of pyridine rings is 1. The van der Waals surface area contributed by atoms with Gasteiger partial charge in [0.2, 0.25) is 0 Å². The largest absolute Gasteiger partial charge is 3.00 e. The van der Waals surface area contributed by atoms with Crippen LogP contribution in [0.15, 0.2) is 36.4 Å². The minimum absolute atomic E-state index is 0. The zero-order valence-corrected chi connectivity index (χ0v) is 17.3. The number of carbonyl (C=O) groups is 1. The van der Waals surface area contributed by atoms with Crippen molar-refractivity contribution < 1.29 is 54.6 Å². The van der Waals surface area contributed by atoms with Gasteiger partial charge in [0.15, 0.2) is 0 Å². The van der Waals surface area contributed by atoms with Gasteiger partial charge in [-0.05, 0) is 64.5 Å². The normalized spacial score (nSPS) is 14.9. The van der Waals surface area contributed by atoms with Crippen molar-refractivity contribution in [1.82, 2.24) is 4.98 Å². The van der Waals surface area contributed by atoms with Crippen LogP contribution in [-0.4, -0.2) is 16.1 Å². The molecule has 11 heteroatoms. The van der Waals surface area contributed by atoms with Crippen LogP contribution < -0.4 is 0 Å². The molecular formula is C18H17F6NO2PRu+2. The number of hydrogen-bond donors (Lipinski definition) is 1. The summed E-state index contributed by atoms with van der Waals surface area (Å²) < 4.78 is 59.2. The van der Waals surface area contributed by atoms with E-state index in [2.05, 4.69) is 18.8 Å². The maximum atomic E-state index is 10.6. The predicted octanol–water partition coefficient (Wildman–Crippen LogP) is 7.19. The molecule has 2 aromatic rings. The maximum absolute atomic E-state index is 10.7. The number of nitrogens with zero attached hydrogens (tertiary/aromatic N) is 1. The number of carboxylic acids is 1. The van der Waals surface area contributed by atoms with Gasteiger partial charge in [0.25, 0.3) is 0 Å². The minimum Gasteiger partial charge on any atom is -0.477 e. The number of hydrogen-bond acceptors (Lipinski definition) is 2. The van der Waals surface area contributed by atoms with Crippen LogP contribution in [0.25, 0.3) is 10.9 Å². The van der Waals surface area contributed by atoms with E-state index in [0.717, 1.165) is 5.39 Å². The smallest absolute Gasteiger partial charge is 0.477 e. The first-order valence-corrected chi connectivity index (χ1v) is 9.39. The van der Waals surface area contributed by atoms with Gasteiger partial charge in [0.05, 0.1) is 5.52 Å². The van der Waals surface area contributed by atoms with Crippen LogP contribution in [0.4, 0.5) is 25.2 Å². The molecule has 0 amide bonds. The Bertz CT molecular complexity index is 734. The van der Waals surface area contributed by atoms with Crippen molar-refractivity contribution in [2.45, 2.75) is 0 Å². The Morgan fingerprint density at radius 1 is 0.862 bits per heavy atom. The van der Waals surface area contributed by atoms with Crippen molar-refractivity contribution in [3.05, 3.63) is 94.5 Å². The Balaban J connectivity index is 0. The molecule has 1 aliphatic carbocycles. The second-order valence-electron chi connectivity index (χ2n) is 4.90. The van der Waals surface area contributed by atoms with E-state index in [1.165, 1.54) is 12.5 Å². The molecule has 1 N–H and O–H groups in total. The summed E-state index contributed by atoms with van der Waals surface area (Å²) in [5, 5.41) is 9.63. The van der Waals surface area contributed by atoms with E-state index in [1.807, 2.05) is 50.3 Å². The van der Waals surface area contributed by atoms with Crippen molar-refractivity contribution in [3.63, 3.8) is 0 Å². The molecule has 9 radical (unpaired) electrons. The molecular weight excluding hydrogens is 508 g/mol. The predicted molar refractivity (Wildman–Crippen MR) is 98.8 cm³/mol. The SMILES string of the molecule is F[P-](F)(F)(F)(F)F.O=C(O)c1ccc2ccccc2n1.[CH2][CH][CH2].[CH]1[CH][CH][CH][CH]1.[Ru+3]. The number of carboxylic acid groups (broad SMARTS) is 1. The molecule has 1 fully saturated rings. The molecule has 0 atom stereocenters. The van der Waals surface area contributed by atoms with Gasteiger partial charge in [0, 0.05) is 5.39 Å². The molecule has 29 heavy (non-hydrogen) atoms. The third-order valence-corrected chi connectivity index (χ3v) is 2.37. The summed E-state index contributed by atoms with van der Waals surface area (Å²) in [7, 11) is -10.7. The summed E-state index contributed by atoms with van der Waals surface area (Å²) in [6.45, 7) is 6.50. The number of rotatable bonds is 1. The van der Waals surface area contributed by atoms with Gasteiger partial charge in [-0.1, -0.05) is 24.3 Å². The molecule has 1 heterocycles. The number of benzene rings is 1. The number of aromatic nitrogens is 1. The monoisotopic (exact) mass is 526 g/mol. The zero-order valence-electron chi connectivity index (χ0n) is 14.7. The van der Waals surface area contributed by atoms with Crippen LogP contribution >= 0.6 is 7.81 Å². The number of fused-ring (bicyclic) bond motifs is 1. The number of halogens is 6. The van der Waals surface area contributed by atoms with E-state index in [0.29, 0.717) is 5.52 Å². The minimum atomic E-state index is -10.7. The van der Waals surface area contributed by atoms with E-state index < -0.39 is 13.8 Å². The van der Waals surface area contributed by atoms with Gasteiger partial charge in [-0.3, -0.25) is 0 Å². The van der Waals surface area contributed by atoms with Crippen LogP contribution in [0.1, 0.15) is 10.5 Å². The standard InChI is InChI=1S/C10H7NO2.C5H5.C3H5.F6P.Ru/c12-10(13)9-6-5-7-3-1-2-4-8(7)11-9;1-2-4-5-3-1;1-3-2;1-7(2,3,4,5)6;/h1-6H,(H,12,13);1-5H;3H,1-2H2;;/q;;;-1;+3. The third kappa shape index (κ3) is 21.3. The molecule has 0 aliphatic heterocycles. The van der Waals surface area contributed by atoms with Crippen LogP contribution in [0, 0.1) is 52.4 Å². The average Bonchev–Trinajstić information content (AvgIpc) is 3.12. The van der Waals surface area contributed by atoms with E-state index >= 15 is 0 Å². The van der Waals surface area contributed by atoms with Crippen molar-refractivity contribution in [2.24, 2.45) is 0 Å². The molecule has 1 aliphatic rings. The fourth-order valence-corrected chi connectivity index (χ4v) is 1.51. The fraction of sp³-hybridized carbons (Fsp3) is 0. The van der Waals surface area contributed by atoms with Gasteiger partial charge >= 0.3 is 58.4 Å². The van der Waals surface area contributed by atoms with Crippen molar-refractivity contribution in [2.75, 3.05) is 0 Å². The van der Waals surface area contributed by atoms with Crippen LogP contribution in [0.3, 0.4) is 0 Å². The van der Waals surface area contributed by atoms with Crippen molar-refractivity contribution >= 4 is 24.7 Å². The Hall–Kier alpha value is -1.27. The Morgan fingerprint density at radius 2 is 1.24 bits per heavy atom. The summed E-state index contributed by atoms with van der Waals surface area (Å²) in [6.07, 6.45) is 11.5. The first-order chi connectivity index (χ1) is 12.6. The molecule has 1 aromatic heterocycles. The Labute approximate surface area is 178 Å². The summed E-state index contributed by atoms with van der Waals surface area (Å²) >= 11 is 0. The van der Waals surface area contributed by atoms with Crippen molar-refractivity contribution in [1.29, 1.82) is 0 Å². The third-order valence-electron chi connectivity index (χ3n) is 2.37. The number of aromatic carboxylic acids is 1. The Kier molecular flexibility index (Phi) is 12.2. The van der Waals surface area contributed by atoms with E-state index in [-0.39, 0.29) is 25.2 Å². The van der Waals surface area contributed by atoms with Gasteiger partial charge in [-0.25, -0.2) is 9.78 Å². The molecule has 3 nitrogen and oxygen atoms in total. The summed E-state index contributed by atoms with van der Waals surface area (Å²) in [4.78, 5) is 14.6. The molecule has 0 spiro atoms. The summed E-state index contributed by atoms with van der Waals surface area (Å²) in [6, 6.07) is 10.7. The van der Waals surface area contributed by atoms with Crippen LogP contribution in [0.2, 0.25) is 0 Å². The van der Waals surface area contributed by atoms with E-state index in [9.17, 15) is 30.0 Å². The molecule has 1 aromatic carbocycles. The zero-order chi connectivity index (χ0) is 21.9. The van der Waals surface area contributed by atoms with Crippen molar-refractivity contribution in [3.8, 4) is 0 Å². The maximum Gasteiger partial charge on any atom is 3.00 e. The van der Waals surface area contributed by atoms with Gasteiger partial charge < -0.3 is 5.11 Å². The Morgan fingerprint density at radius 3 is 1.62 bits per heavy atom. The molecule has 0 bridgehead atoms. The average molecular weight is 525 g/mol. The second-order valence-corrected chi connectivity index (χ2v) is 6.82. The number of para-hydroxylation sites is 1. The van der Waals surface area contributed by atoms with E-state index in [4.69, 9.17) is 5.11 Å². The fourth-order valence-electron chi connectivity index (χ4n) is 1.51.